The van der Waals surface area contributed by atoms with Crippen molar-refractivity contribution in [3.8, 4) is 0 Å². The van der Waals surface area contributed by atoms with E-state index in [1.54, 1.807) is 12.1 Å². The topological polar surface area (TPSA) is 75.6 Å². The van der Waals surface area contributed by atoms with Crippen LogP contribution in [0.25, 0.3) is 0 Å². The van der Waals surface area contributed by atoms with E-state index in [0.717, 1.165) is 11.6 Å². The molecule has 0 aliphatic rings. The van der Waals surface area contributed by atoms with Gasteiger partial charge in [-0.1, -0.05) is 36.4 Å². The molecule has 17 heavy (non-hydrogen) atoms. The lowest BCUT2D eigenvalue weighted by Crippen LogP contribution is -2.39. The maximum Gasteiger partial charge on any atom is 0.408 e. The first-order chi connectivity index (χ1) is 8.13. The number of ether oxygens (including phenoxy) is 1. The quantitative estimate of drug-likeness (QED) is 0.759. The molecule has 0 fully saturated rings. The maximum absolute atomic E-state index is 11.2. The number of carboxylic acids is 1. The zero-order valence-corrected chi connectivity index (χ0v) is 9.13. The summed E-state index contributed by atoms with van der Waals surface area (Å²) in [4.78, 5) is 21.8. The molecule has 0 saturated heterocycles. The standard InChI is InChI=1S/C12H13NO4/c1-2-10(11(14)15)13-12(16)17-8-9-6-4-3-5-7-9/h2-7,10H,1,8H2,(H,13,16)(H,14,15)/t10-/m0/s1. The number of alkyl carbamates (subject to hydrolysis) is 1. The Bertz CT molecular complexity index is 402. The number of hydrogen-bond donors (Lipinski definition) is 2. The Labute approximate surface area is 98.7 Å². The summed E-state index contributed by atoms with van der Waals surface area (Å²) in [5, 5.41) is 10.8. The highest BCUT2D eigenvalue weighted by atomic mass is 16.5. The summed E-state index contributed by atoms with van der Waals surface area (Å²) in [5.41, 5.74) is 0.827. The van der Waals surface area contributed by atoms with Gasteiger partial charge in [-0.3, -0.25) is 0 Å². The number of benzene rings is 1. The number of hydrogen-bond acceptors (Lipinski definition) is 3. The second-order valence-electron chi connectivity index (χ2n) is 3.26. The predicted octanol–water partition coefficient (Wildman–Crippen LogP) is 1.55. The van der Waals surface area contributed by atoms with Crippen LogP contribution in [0.1, 0.15) is 5.56 Å². The normalized spacial score (nSPS) is 11.3. The van der Waals surface area contributed by atoms with Gasteiger partial charge in [0.2, 0.25) is 0 Å². The average molecular weight is 235 g/mol. The number of carbonyl (C=O) groups excluding carboxylic acids is 1. The van der Waals surface area contributed by atoms with E-state index in [-0.39, 0.29) is 6.61 Å². The van der Waals surface area contributed by atoms with Gasteiger partial charge in [0.05, 0.1) is 0 Å². The van der Waals surface area contributed by atoms with E-state index in [1.165, 1.54) is 0 Å². The summed E-state index contributed by atoms with van der Waals surface area (Å²) in [6.45, 7) is 3.40. The molecule has 2 N–H and O–H groups in total. The highest BCUT2D eigenvalue weighted by Crippen LogP contribution is 2.00. The van der Waals surface area contributed by atoms with Crippen molar-refractivity contribution in [2.75, 3.05) is 0 Å². The first-order valence-corrected chi connectivity index (χ1v) is 4.96. The number of carbonyl (C=O) groups is 2. The van der Waals surface area contributed by atoms with Crippen LogP contribution in [0, 0.1) is 0 Å². The molecule has 1 amide bonds. The average Bonchev–Trinajstić information content (AvgIpc) is 2.34. The SMILES string of the molecule is C=C[C@H](NC(=O)OCc1ccccc1)C(=O)O. The van der Waals surface area contributed by atoms with Gasteiger partial charge in [-0.15, -0.1) is 6.58 Å². The van der Waals surface area contributed by atoms with Crippen molar-refractivity contribution < 1.29 is 19.4 Å². The van der Waals surface area contributed by atoms with Crippen molar-refractivity contribution in [3.05, 3.63) is 48.6 Å². The van der Waals surface area contributed by atoms with Gasteiger partial charge in [0.1, 0.15) is 12.6 Å². The zero-order valence-electron chi connectivity index (χ0n) is 9.13. The summed E-state index contributed by atoms with van der Waals surface area (Å²) in [6, 6.07) is 7.95. The number of carboxylic acid groups (broad SMARTS) is 1. The lowest BCUT2D eigenvalue weighted by Gasteiger charge is -2.10. The molecule has 5 nitrogen and oxygen atoms in total. The third-order valence-electron chi connectivity index (χ3n) is 1.99. The molecule has 1 atom stereocenters. The van der Waals surface area contributed by atoms with Crippen molar-refractivity contribution in [1.82, 2.24) is 5.32 Å². The van der Waals surface area contributed by atoms with Crippen LogP contribution in [0.3, 0.4) is 0 Å². The van der Waals surface area contributed by atoms with E-state index in [2.05, 4.69) is 11.9 Å². The van der Waals surface area contributed by atoms with Gasteiger partial charge in [-0.2, -0.15) is 0 Å². The highest BCUT2D eigenvalue weighted by molar-refractivity contribution is 5.81. The number of rotatable bonds is 5. The van der Waals surface area contributed by atoms with Crippen molar-refractivity contribution in [3.63, 3.8) is 0 Å². The van der Waals surface area contributed by atoms with E-state index in [1.807, 2.05) is 18.2 Å². The first-order valence-electron chi connectivity index (χ1n) is 4.96. The molecule has 1 aromatic carbocycles. The monoisotopic (exact) mass is 235 g/mol. The molecule has 1 aromatic rings. The van der Waals surface area contributed by atoms with Gasteiger partial charge in [0, 0.05) is 0 Å². The Hall–Kier alpha value is -2.30. The molecule has 0 aliphatic carbocycles. The predicted molar refractivity (Wildman–Crippen MR) is 61.4 cm³/mol. The molecular formula is C12H13NO4. The highest BCUT2D eigenvalue weighted by Gasteiger charge is 2.16. The largest absolute Gasteiger partial charge is 0.479 e. The number of amides is 1. The minimum Gasteiger partial charge on any atom is -0.479 e. The second kappa shape index (κ2) is 6.32. The van der Waals surface area contributed by atoms with Crippen molar-refractivity contribution in [1.29, 1.82) is 0 Å². The van der Waals surface area contributed by atoms with Crippen molar-refractivity contribution in [2.24, 2.45) is 0 Å². The molecule has 0 aliphatic heterocycles. The van der Waals surface area contributed by atoms with E-state index in [4.69, 9.17) is 9.84 Å². The van der Waals surface area contributed by atoms with Crippen LogP contribution in [0.4, 0.5) is 4.79 Å². The van der Waals surface area contributed by atoms with Gasteiger partial charge >= 0.3 is 12.1 Å². The van der Waals surface area contributed by atoms with Crippen LogP contribution in [0.2, 0.25) is 0 Å². The van der Waals surface area contributed by atoms with E-state index in [0.29, 0.717) is 0 Å². The van der Waals surface area contributed by atoms with Gasteiger partial charge in [0.25, 0.3) is 0 Å². The van der Waals surface area contributed by atoms with Crippen LogP contribution in [0.15, 0.2) is 43.0 Å². The summed E-state index contributed by atoms with van der Waals surface area (Å²) >= 11 is 0. The van der Waals surface area contributed by atoms with Crippen molar-refractivity contribution >= 4 is 12.1 Å². The number of nitrogens with one attached hydrogen (secondary N) is 1. The van der Waals surface area contributed by atoms with Crippen LogP contribution < -0.4 is 5.32 Å². The first kappa shape index (κ1) is 12.8. The molecule has 0 heterocycles. The molecule has 1 rings (SSSR count). The van der Waals surface area contributed by atoms with Gasteiger partial charge in [-0.25, -0.2) is 9.59 Å². The molecule has 5 heteroatoms. The van der Waals surface area contributed by atoms with Gasteiger partial charge in [0.15, 0.2) is 0 Å². The molecule has 90 valence electrons. The molecule has 0 aromatic heterocycles. The van der Waals surface area contributed by atoms with Crippen LogP contribution in [0.5, 0.6) is 0 Å². The fourth-order valence-corrected chi connectivity index (χ4v) is 1.11. The fraction of sp³-hybridized carbons (Fsp3) is 0.167. The van der Waals surface area contributed by atoms with E-state index in [9.17, 15) is 9.59 Å². The van der Waals surface area contributed by atoms with Gasteiger partial charge < -0.3 is 15.2 Å². The second-order valence-corrected chi connectivity index (χ2v) is 3.26. The fourth-order valence-electron chi connectivity index (χ4n) is 1.11. The summed E-state index contributed by atoms with van der Waals surface area (Å²) in [6.07, 6.45) is 0.327. The lowest BCUT2D eigenvalue weighted by molar-refractivity contribution is -0.138. The maximum atomic E-state index is 11.2. The van der Waals surface area contributed by atoms with Gasteiger partial charge in [-0.05, 0) is 5.56 Å². The Morgan fingerprint density at radius 1 is 1.41 bits per heavy atom. The van der Waals surface area contributed by atoms with E-state index >= 15 is 0 Å². The minimum absolute atomic E-state index is 0.0934. The Balaban J connectivity index is 2.40. The Morgan fingerprint density at radius 2 is 2.06 bits per heavy atom. The lowest BCUT2D eigenvalue weighted by atomic mass is 10.2. The van der Waals surface area contributed by atoms with Crippen LogP contribution >= 0.6 is 0 Å². The van der Waals surface area contributed by atoms with Crippen molar-refractivity contribution in [2.45, 2.75) is 12.6 Å². The third-order valence-corrected chi connectivity index (χ3v) is 1.99. The molecule has 0 radical (unpaired) electrons. The summed E-state index contributed by atoms with van der Waals surface area (Å²) < 4.78 is 4.85. The molecule has 0 unspecified atom stereocenters. The smallest absolute Gasteiger partial charge is 0.408 e. The van der Waals surface area contributed by atoms with E-state index < -0.39 is 18.1 Å². The minimum atomic E-state index is -1.18. The molecule has 0 saturated carbocycles. The zero-order chi connectivity index (χ0) is 12.7. The summed E-state index contributed by atoms with van der Waals surface area (Å²) in [5.74, 6) is -1.18. The molecule has 0 bridgehead atoms. The summed E-state index contributed by atoms with van der Waals surface area (Å²) in [7, 11) is 0. The number of aliphatic carboxylic acids is 1. The van der Waals surface area contributed by atoms with Crippen LogP contribution in [-0.4, -0.2) is 23.2 Å². The molecular weight excluding hydrogens is 222 g/mol. The van der Waals surface area contributed by atoms with Crippen LogP contribution in [-0.2, 0) is 16.1 Å². The Kier molecular flexibility index (Phi) is 4.75. The molecule has 0 spiro atoms. The third kappa shape index (κ3) is 4.38. The Morgan fingerprint density at radius 3 is 2.59 bits per heavy atom.